The number of nitrogens with zero attached hydrogens (tertiary/aromatic N) is 1. The number of hydrogen-bond donors (Lipinski definition) is 2. The van der Waals surface area contributed by atoms with Crippen LogP contribution in [0.2, 0.25) is 0 Å². The normalized spacial score (nSPS) is 11.9. The molecule has 0 aliphatic heterocycles. The van der Waals surface area contributed by atoms with Crippen molar-refractivity contribution in [2.24, 2.45) is 0 Å². The maximum Gasteiger partial charge on any atom is 0.335 e. The van der Waals surface area contributed by atoms with Gasteiger partial charge >= 0.3 is 11.9 Å². The minimum atomic E-state index is -1.33. The molecule has 1 aliphatic rings. The average molecular weight is 411 g/mol. The topological polar surface area (TPSA) is 114 Å². The molecule has 7 nitrogen and oxygen atoms in total. The molecule has 4 aromatic rings. The number of carbonyl (C=O) groups is 3. The highest BCUT2D eigenvalue weighted by Crippen LogP contribution is 2.40. The molecule has 0 fully saturated rings. The molecule has 150 valence electrons. The summed E-state index contributed by atoms with van der Waals surface area (Å²) in [6, 6.07) is 17.0. The molecule has 0 radical (unpaired) electrons. The molecule has 1 aromatic heterocycles. The van der Waals surface area contributed by atoms with Crippen molar-refractivity contribution in [3.63, 3.8) is 0 Å². The Morgan fingerprint density at radius 1 is 0.710 bits per heavy atom. The molecular formula is C24H13NO6. The Hall–Kier alpha value is -4.52. The van der Waals surface area contributed by atoms with Gasteiger partial charge in [-0.05, 0) is 24.3 Å². The molecule has 5 rings (SSSR count). The van der Waals surface area contributed by atoms with E-state index in [9.17, 15) is 29.4 Å². The molecule has 2 N–H and O–H groups in total. The highest BCUT2D eigenvalue weighted by Gasteiger charge is 2.33. The summed E-state index contributed by atoms with van der Waals surface area (Å²) in [5.74, 6) is -2.90. The van der Waals surface area contributed by atoms with E-state index in [1.54, 1.807) is 48.5 Å². The molecule has 0 atom stereocenters. The lowest BCUT2D eigenvalue weighted by Gasteiger charge is -2.16. The lowest BCUT2D eigenvalue weighted by atomic mass is 10.0. The predicted octanol–water partition coefficient (Wildman–Crippen LogP) is 3.60. The van der Waals surface area contributed by atoms with Crippen molar-refractivity contribution in [2.45, 2.75) is 0 Å². The van der Waals surface area contributed by atoms with Crippen molar-refractivity contribution in [2.75, 3.05) is 0 Å². The largest absolute Gasteiger partial charge is 0.478 e. The fourth-order valence-corrected chi connectivity index (χ4v) is 4.09. The number of pyridine rings is 1. The van der Waals surface area contributed by atoms with E-state index in [1.165, 1.54) is 16.7 Å². The third kappa shape index (κ3) is 2.60. The van der Waals surface area contributed by atoms with E-state index >= 15 is 0 Å². The SMILES string of the molecule is O=C(O)c1cc(C(=O)O)cc(-n2c3c(c4ccccc4c2=O)C(=O)c2ccccc2-3)c1. The summed E-state index contributed by atoms with van der Waals surface area (Å²) in [4.78, 5) is 50.0. The van der Waals surface area contributed by atoms with Gasteiger partial charge in [0.15, 0.2) is 5.78 Å². The Bertz CT molecular complexity index is 1500. The van der Waals surface area contributed by atoms with Crippen LogP contribution in [0.5, 0.6) is 0 Å². The van der Waals surface area contributed by atoms with E-state index in [2.05, 4.69) is 0 Å². The number of rotatable bonds is 3. The second-order valence-corrected chi connectivity index (χ2v) is 7.16. The summed E-state index contributed by atoms with van der Waals surface area (Å²) in [5, 5.41) is 19.7. The summed E-state index contributed by atoms with van der Waals surface area (Å²) in [7, 11) is 0. The number of carbonyl (C=O) groups excluding carboxylic acids is 1. The fourth-order valence-electron chi connectivity index (χ4n) is 4.09. The van der Waals surface area contributed by atoms with Crippen molar-refractivity contribution in [3.8, 4) is 16.9 Å². The summed E-state index contributed by atoms with van der Waals surface area (Å²) in [5.41, 5.74) is 0.643. The zero-order valence-electron chi connectivity index (χ0n) is 15.8. The smallest absolute Gasteiger partial charge is 0.335 e. The molecule has 7 heteroatoms. The number of hydrogen-bond acceptors (Lipinski definition) is 4. The second kappa shape index (κ2) is 6.50. The first-order valence-electron chi connectivity index (χ1n) is 9.32. The maximum absolute atomic E-state index is 13.5. The molecule has 0 unspecified atom stereocenters. The number of fused-ring (bicyclic) bond motifs is 5. The monoisotopic (exact) mass is 411 g/mol. The first kappa shape index (κ1) is 18.5. The average Bonchev–Trinajstić information content (AvgIpc) is 3.06. The number of benzene rings is 3. The molecular weight excluding hydrogens is 398 g/mol. The number of carboxylic acid groups (broad SMARTS) is 2. The molecule has 31 heavy (non-hydrogen) atoms. The Labute approximate surface area is 174 Å². The number of aromatic carboxylic acids is 2. The van der Waals surface area contributed by atoms with Crippen molar-refractivity contribution in [3.05, 3.63) is 99.3 Å². The van der Waals surface area contributed by atoms with E-state index < -0.39 is 17.5 Å². The molecule has 1 heterocycles. The molecule has 0 amide bonds. The summed E-state index contributed by atoms with van der Waals surface area (Å²) in [6.45, 7) is 0. The van der Waals surface area contributed by atoms with Crippen LogP contribution in [0.15, 0.2) is 71.5 Å². The zero-order chi connectivity index (χ0) is 21.9. The number of ketones is 1. The van der Waals surface area contributed by atoms with Crippen LogP contribution >= 0.6 is 0 Å². The van der Waals surface area contributed by atoms with Crippen LogP contribution in [0.1, 0.15) is 36.6 Å². The molecule has 0 saturated carbocycles. The van der Waals surface area contributed by atoms with Crippen LogP contribution in [0.25, 0.3) is 27.7 Å². The Morgan fingerprint density at radius 3 is 1.87 bits per heavy atom. The van der Waals surface area contributed by atoms with Crippen molar-refractivity contribution >= 4 is 28.5 Å². The number of aromatic nitrogens is 1. The molecule has 1 aliphatic carbocycles. The lowest BCUT2D eigenvalue weighted by molar-refractivity contribution is 0.0696. The van der Waals surface area contributed by atoms with Gasteiger partial charge in [0, 0.05) is 21.9 Å². The first-order chi connectivity index (χ1) is 14.9. The van der Waals surface area contributed by atoms with Crippen LogP contribution < -0.4 is 5.56 Å². The van der Waals surface area contributed by atoms with Crippen LogP contribution in [0, 0.1) is 0 Å². The second-order valence-electron chi connectivity index (χ2n) is 7.16. The molecule has 0 spiro atoms. The Balaban J connectivity index is 1.99. The van der Waals surface area contributed by atoms with Gasteiger partial charge in [0.1, 0.15) is 0 Å². The Kier molecular flexibility index (Phi) is 3.88. The van der Waals surface area contributed by atoms with Crippen LogP contribution in [-0.4, -0.2) is 32.5 Å². The van der Waals surface area contributed by atoms with E-state index in [0.29, 0.717) is 27.8 Å². The standard InChI is InChI=1S/C24H13NO6/c26-21-17-7-3-2-6-16(17)20-19(21)15-5-1-4-8-18(15)22(27)25(20)14-10-12(23(28)29)9-13(11-14)24(30)31/h1-11H,(H,28,29)(H,30,31). The quantitative estimate of drug-likeness (QED) is 0.469. The third-order valence-electron chi connectivity index (χ3n) is 5.41. The minimum Gasteiger partial charge on any atom is -0.478 e. The first-order valence-corrected chi connectivity index (χ1v) is 9.32. The zero-order valence-corrected chi connectivity index (χ0v) is 15.8. The molecule has 3 aromatic carbocycles. The number of carboxylic acids is 2. The highest BCUT2D eigenvalue weighted by atomic mass is 16.4. The minimum absolute atomic E-state index is 0.0637. The van der Waals surface area contributed by atoms with Gasteiger partial charge in [-0.2, -0.15) is 0 Å². The highest BCUT2D eigenvalue weighted by molar-refractivity contribution is 6.26. The van der Waals surface area contributed by atoms with Crippen molar-refractivity contribution in [1.29, 1.82) is 0 Å². The van der Waals surface area contributed by atoms with Crippen LogP contribution in [0.3, 0.4) is 0 Å². The van der Waals surface area contributed by atoms with Gasteiger partial charge in [0.05, 0.1) is 28.1 Å². The molecule has 0 saturated heterocycles. The van der Waals surface area contributed by atoms with Crippen LogP contribution in [-0.2, 0) is 0 Å². The Morgan fingerprint density at radius 2 is 1.26 bits per heavy atom. The summed E-state index contributed by atoms with van der Waals surface area (Å²) in [6.07, 6.45) is 0. The van der Waals surface area contributed by atoms with Gasteiger partial charge in [-0.1, -0.05) is 42.5 Å². The van der Waals surface area contributed by atoms with Crippen molar-refractivity contribution in [1.82, 2.24) is 4.57 Å². The van der Waals surface area contributed by atoms with E-state index in [0.717, 1.165) is 6.07 Å². The summed E-state index contributed by atoms with van der Waals surface area (Å²) < 4.78 is 1.24. The van der Waals surface area contributed by atoms with E-state index in [-0.39, 0.29) is 28.0 Å². The third-order valence-corrected chi connectivity index (χ3v) is 5.41. The van der Waals surface area contributed by atoms with Gasteiger partial charge in [-0.15, -0.1) is 0 Å². The van der Waals surface area contributed by atoms with Gasteiger partial charge in [0.2, 0.25) is 0 Å². The summed E-state index contributed by atoms with van der Waals surface area (Å²) >= 11 is 0. The molecule has 0 bridgehead atoms. The lowest BCUT2D eigenvalue weighted by Crippen LogP contribution is -2.22. The van der Waals surface area contributed by atoms with Gasteiger partial charge in [-0.25, -0.2) is 9.59 Å². The van der Waals surface area contributed by atoms with Gasteiger partial charge in [0.25, 0.3) is 5.56 Å². The van der Waals surface area contributed by atoms with E-state index in [1.807, 2.05) is 0 Å². The maximum atomic E-state index is 13.5. The predicted molar refractivity (Wildman–Crippen MR) is 112 cm³/mol. The fraction of sp³-hybridized carbons (Fsp3) is 0. The van der Waals surface area contributed by atoms with Crippen molar-refractivity contribution < 1.29 is 24.6 Å². The van der Waals surface area contributed by atoms with Gasteiger partial charge in [-0.3, -0.25) is 14.2 Å². The van der Waals surface area contributed by atoms with E-state index in [4.69, 9.17) is 0 Å². The van der Waals surface area contributed by atoms with Crippen LogP contribution in [0.4, 0.5) is 0 Å². The van der Waals surface area contributed by atoms with Gasteiger partial charge < -0.3 is 10.2 Å².